The standard InChI is InChI=1S/C13H24N2O4/c1-13(2,3)19-12(18)15-6-4-5-10(15)9(8-14)7-11(16)17/h9-10H,4-8,14H2,1-3H3,(H,16,17). The summed E-state index contributed by atoms with van der Waals surface area (Å²) in [5.41, 5.74) is 5.10. The van der Waals surface area contributed by atoms with Crippen molar-refractivity contribution in [3.8, 4) is 0 Å². The van der Waals surface area contributed by atoms with Crippen molar-refractivity contribution in [2.24, 2.45) is 11.7 Å². The summed E-state index contributed by atoms with van der Waals surface area (Å²) in [6.07, 6.45) is 1.26. The van der Waals surface area contributed by atoms with Gasteiger partial charge in [-0.15, -0.1) is 0 Å². The SMILES string of the molecule is CC(C)(C)OC(=O)N1CCCC1C(CN)CC(=O)O. The molecule has 0 aliphatic carbocycles. The Morgan fingerprint density at radius 2 is 2.11 bits per heavy atom. The Kier molecular flexibility index (Phi) is 5.17. The molecule has 2 atom stereocenters. The summed E-state index contributed by atoms with van der Waals surface area (Å²) in [6, 6.07) is -0.129. The molecule has 19 heavy (non-hydrogen) atoms. The molecule has 0 aromatic carbocycles. The highest BCUT2D eigenvalue weighted by molar-refractivity contribution is 5.70. The van der Waals surface area contributed by atoms with Crippen LogP contribution in [0.5, 0.6) is 0 Å². The van der Waals surface area contributed by atoms with E-state index in [2.05, 4.69) is 0 Å². The number of hydrogen-bond donors (Lipinski definition) is 2. The number of carbonyl (C=O) groups excluding carboxylic acids is 1. The first-order valence-electron chi connectivity index (χ1n) is 6.66. The molecule has 1 rings (SSSR count). The molecule has 0 bridgehead atoms. The molecule has 6 nitrogen and oxygen atoms in total. The Morgan fingerprint density at radius 3 is 2.58 bits per heavy atom. The van der Waals surface area contributed by atoms with E-state index in [0.717, 1.165) is 12.8 Å². The van der Waals surface area contributed by atoms with Crippen LogP contribution < -0.4 is 5.73 Å². The number of ether oxygens (including phenoxy) is 1. The van der Waals surface area contributed by atoms with Crippen molar-refractivity contribution in [1.82, 2.24) is 4.90 Å². The molecule has 6 heteroatoms. The molecule has 1 fully saturated rings. The lowest BCUT2D eigenvalue weighted by Crippen LogP contribution is -2.45. The molecule has 0 spiro atoms. The normalized spacial score (nSPS) is 21.3. The van der Waals surface area contributed by atoms with Crippen LogP contribution in [0.15, 0.2) is 0 Å². The fourth-order valence-electron chi connectivity index (χ4n) is 2.43. The monoisotopic (exact) mass is 272 g/mol. The smallest absolute Gasteiger partial charge is 0.410 e. The van der Waals surface area contributed by atoms with Crippen molar-refractivity contribution in [3.63, 3.8) is 0 Å². The molecule has 1 aliphatic heterocycles. The van der Waals surface area contributed by atoms with E-state index in [1.54, 1.807) is 4.90 Å². The Hall–Kier alpha value is -1.30. The zero-order chi connectivity index (χ0) is 14.6. The lowest BCUT2D eigenvalue weighted by Gasteiger charge is -2.32. The number of rotatable bonds is 4. The summed E-state index contributed by atoms with van der Waals surface area (Å²) in [4.78, 5) is 24.6. The first-order chi connectivity index (χ1) is 8.74. The van der Waals surface area contributed by atoms with E-state index < -0.39 is 11.6 Å². The van der Waals surface area contributed by atoms with Crippen LogP contribution in [0.2, 0.25) is 0 Å². The first-order valence-corrected chi connectivity index (χ1v) is 6.66. The van der Waals surface area contributed by atoms with E-state index in [0.29, 0.717) is 6.54 Å². The lowest BCUT2D eigenvalue weighted by atomic mass is 9.94. The Morgan fingerprint density at radius 1 is 1.47 bits per heavy atom. The molecule has 2 unspecified atom stereocenters. The van der Waals surface area contributed by atoms with Gasteiger partial charge in [0.05, 0.1) is 6.42 Å². The van der Waals surface area contributed by atoms with E-state index in [1.807, 2.05) is 20.8 Å². The molecule has 1 saturated heterocycles. The van der Waals surface area contributed by atoms with Gasteiger partial charge in [0, 0.05) is 18.5 Å². The van der Waals surface area contributed by atoms with Gasteiger partial charge < -0.3 is 20.5 Å². The zero-order valence-corrected chi connectivity index (χ0v) is 11.9. The number of carboxylic acids is 1. The van der Waals surface area contributed by atoms with Gasteiger partial charge in [-0.05, 0) is 40.2 Å². The number of likely N-dealkylation sites (tertiary alicyclic amines) is 1. The number of carboxylic acid groups (broad SMARTS) is 1. The van der Waals surface area contributed by atoms with E-state index in [1.165, 1.54) is 0 Å². The van der Waals surface area contributed by atoms with Gasteiger partial charge in [0.1, 0.15) is 5.60 Å². The summed E-state index contributed by atoms with van der Waals surface area (Å²) in [7, 11) is 0. The number of carbonyl (C=O) groups is 2. The van der Waals surface area contributed by atoms with Gasteiger partial charge >= 0.3 is 12.1 Å². The summed E-state index contributed by atoms with van der Waals surface area (Å²) in [5, 5.41) is 8.90. The Balaban J connectivity index is 2.72. The molecule has 0 saturated carbocycles. The predicted molar refractivity (Wildman–Crippen MR) is 70.8 cm³/mol. The summed E-state index contributed by atoms with van der Waals surface area (Å²) in [5.74, 6) is -1.10. The van der Waals surface area contributed by atoms with Crippen molar-refractivity contribution >= 4 is 12.1 Å². The van der Waals surface area contributed by atoms with Gasteiger partial charge in [0.25, 0.3) is 0 Å². The fourth-order valence-corrected chi connectivity index (χ4v) is 2.43. The second-order valence-electron chi connectivity index (χ2n) is 5.98. The summed E-state index contributed by atoms with van der Waals surface area (Å²) >= 11 is 0. The van der Waals surface area contributed by atoms with Crippen LogP contribution in [-0.2, 0) is 9.53 Å². The van der Waals surface area contributed by atoms with Crippen molar-refractivity contribution < 1.29 is 19.4 Å². The lowest BCUT2D eigenvalue weighted by molar-refractivity contribution is -0.138. The predicted octanol–water partition coefficient (Wildman–Crippen LogP) is 1.44. The van der Waals surface area contributed by atoms with Gasteiger partial charge in [-0.2, -0.15) is 0 Å². The van der Waals surface area contributed by atoms with Crippen molar-refractivity contribution in [2.75, 3.05) is 13.1 Å². The number of nitrogens with zero attached hydrogens (tertiary/aromatic N) is 1. The van der Waals surface area contributed by atoms with Crippen molar-refractivity contribution in [3.05, 3.63) is 0 Å². The van der Waals surface area contributed by atoms with Crippen LogP contribution in [-0.4, -0.2) is 46.8 Å². The average Bonchev–Trinajstić information content (AvgIpc) is 2.71. The Labute approximate surface area is 113 Å². The van der Waals surface area contributed by atoms with E-state index in [-0.39, 0.29) is 31.0 Å². The van der Waals surface area contributed by atoms with Gasteiger partial charge in [-0.3, -0.25) is 4.79 Å². The van der Waals surface area contributed by atoms with Crippen LogP contribution in [0.25, 0.3) is 0 Å². The van der Waals surface area contributed by atoms with Crippen molar-refractivity contribution in [1.29, 1.82) is 0 Å². The second-order valence-corrected chi connectivity index (χ2v) is 5.98. The highest BCUT2D eigenvalue weighted by atomic mass is 16.6. The largest absolute Gasteiger partial charge is 0.481 e. The van der Waals surface area contributed by atoms with Crippen molar-refractivity contribution in [2.45, 2.75) is 51.7 Å². The average molecular weight is 272 g/mol. The van der Waals surface area contributed by atoms with E-state index in [9.17, 15) is 9.59 Å². The molecule has 1 heterocycles. The van der Waals surface area contributed by atoms with Gasteiger partial charge in [0.15, 0.2) is 0 Å². The van der Waals surface area contributed by atoms with Gasteiger partial charge in [0.2, 0.25) is 0 Å². The highest BCUT2D eigenvalue weighted by Crippen LogP contribution is 2.27. The third-order valence-electron chi connectivity index (χ3n) is 3.21. The molecular weight excluding hydrogens is 248 g/mol. The summed E-state index contributed by atoms with van der Waals surface area (Å²) < 4.78 is 5.35. The van der Waals surface area contributed by atoms with E-state index in [4.69, 9.17) is 15.6 Å². The van der Waals surface area contributed by atoms with Gasteiger partial charge in [-0.25, -0.2) is 4.79 Å². The minimum atomic E-state index is -0.883. The molecule has 1 amide bonds. The minimum Gasteiger partial charge on any atom is -0.481 e. The van der Waals surface area contributed by atoms with E-state index >= 15 is 0 Å². The number of amides is 1. The topological polar surface area (TPSA) is 92.9 Å². The molecule has 110 valence electrons. The minimum absolute atomic E-state index is 0.0134. The van der Waals surface area contributed by atoms with Crippen LogP contribution in [0.1, 0.15) is 40.0 Å². The zero-order valence-electron chi connectivity index (χ0n) is 11.9. The maximum Gasteiger partial charge on any atom is 0.410 e. The maximum atomic E-state index is 12.1. The van der Waals surface area contributed by atoms with Crippen LogP contribution in [0.4, 0.5) is 4.79 Å². The second kappa shape index (κ2) is 6.23. The van der Waals surface area contributed by atoms with Crippen LogP contribution in [0.3, 0.4) is 0 Å². The number of hydrogen-bond acceptors (Lipinski definition) is 4. The molecule has 1 aliphatic rings. The third kappa shape index (κ3) is 4.70. The molecular formula is C13H24N2O4. The molecule has 0 aromatic heterocycles. The quantitative estimate of drug-likeness (QED) is 0.807. The first kappa shape index (κ1) is 15.8. The third-order valence-corrected chi connectivity index (χ3v) is 3.21. The fraction of sp³-hybridized carbons (Fsp3) is 0.846. The van der Waals surface area contributed by atoms with Crippen LogP contribution >= 0.6 is 0 Å². The number of nitrogens with two attached hydrogens (primary N) is 1. The maximum absolute atomic E-state index is 12.1. The highest BCUT2D eigenvalue weighted by Gasteiger charge is 2.37. The molecule has 0 aromatic rings. The Bertz CT molecular complexity index is 338. The summed E-state index contributed by atoms with van der Waals surface area (Å²) in [6.45, 7) is 6.31. The van der Waals surface area contributed by atoms with Crippen LogP contribution in [0, 0.1) is 5.92 Å². The number of aliphatic carboxylic acids is 1. The molecule has 3 N–H and O–H groups in total. The molecule has 0 radical (unpaired) electrons. The van der Waals surface area contributed by atoms with Gasteiger partial charge in [-0.1, -0.05) is 0 Å².